The number of aryl methyl sites for hydroxylation is 2. The van der Waals surface area contributed by atoms with Crippen LogP contribution in [-0.2, 0) is 23.2 Å². The Morgan fingerprint density at radius 2 is 2.08 bits per heavy atom. The SMILES string of the molecule is Cc1nn(C)c(C)c1CNC(=O)C1(C)Sc2ccccc2NC1=O. The van der Waals surface area contributed by atoms with Gasteiger partial charge in [-0.3, -0.25) is 14.3 Å². The van der Waals surface area contributed by atoms with Crippen molar-refractivity contribution in [2.75, 3.05) is 5.32 Å². The van der Waals surface area contributed by atoms with Crippen LogP contribution in [0.15, 0.2) is 29.2 Å². The fourth-order valence-electron chi connectivity index (χ4n) is 2.73. The summed E-state index contributed by atoms with van der Waals surface area (Å²) in [6.45, 7) is 5.88. The number of amides is 2. The molecule has 0 saturated heterocycles. The number of carbonyl (C=O) groups is 2. The topological polar surface area (TPSA) is 76.0 Å². The van der Waals surface area contributed by atoms with Gasteiger partial charge in [0.2, 0.25) is 11.8 Å². The molecule has 0 bridgehead atoms. The van der Waals surface area contributed by atoms with Gasteiger partial charge in [-0.25, -0.2) is 0 Å². The zero-order valence-corrected chi connectivity index (χ0v) is 15.0. The highest BCUT2D eigenvalue weighted by Gasteiger charge is 2.45. The highest BCUT2D eigenvalue weighted by molar-refractivity contribution is 8.02. The maximum atomic E-state index is 12.7. The number of anilines is 1. The molecule has 2 aromatic rings. The molecule has 2 amide bonds. The molecule has 2 heterocycles. The van der Waals surface area contributed by atoms with E-state index in [4.69, 9.17) is 0 Å². The zero-order chi connectivity index (χ0) is 17.5. The second-order valence-electron chi connectivity index (χ2n) is 6.04. The van der Waals surface area contributed by atoms with E-state index in [0.29, 0.717) is 6.54 Å². The summed E-state index contributed by atoms with van der Waals surface area (Å²) in [6, 6.07) is 7.49. The third-order valence-electron chi connectivity index (χ3n) is 4.40. The predicted octanol–water partition coefficient (Wildman–Crippen LogP) is 2.16. The van der Waals surface area contributed by atoms with E-state index in [9.17, 15) is 9.59 Å². The minimum Gasteiger partial charge on any atom is -0.350 e. The van der Waals surface area contributed by atoms with Crippen LogP contribution in [0.5, 0.6) is 0 Å². The van der Waals surface area contributed by atoms with E-state index in [1.165, 1.54) is 11.8 Å². The van der Waals surface area contributed by atoms with Crippen LogP contribution in [0.2, 0.25) is 0 Å². The van der Waals surface area contributed by atoms with Crippen molar-refractivity contribution in [3.05, 3.63) is 41.2 Å². The van der Waals surface area contributed by atoms with E-state index >= 15 is 0 Å². The molecule has 1 aromatic carbocycles. The van der Waals surface area contributed by atoms with Crippen molar-refractivity contribution in [2.45, 2.75) is 37.0 Å². The number of fused-ring (bicyclic) bond motifs is 1. The summed E-state index contributed by atoms with van der Waals surface area (Å²) in [7, 11) is 1.87. The van der Waals surface area contributed by atoms with Crippen LogP contribution in [0, 0.1) is 13.8 Å². The largest absolute Gasteiger partial charge is 0.350 e. The maximum Gasteiger partial charge on any atom is 0.250 e. The summed E-state index contributed by atoms with van der Waals surface area (Å²) >= 11 is 1.28. The smallest absolute Gasteiger partial charge is 0.250 e. The summed E-state index contributed by atoms with van der Waals surface area (Å²) < 4.78 is 0.592. The van der Waals surface area contributed by atoms with Crippen LogP contribution in [-0.4, -0.2) is 26.3 Å². The van der Waals surface area contributed by atoms with Crippen molar-refractivity contribution < 1.29 is 9.59 Å². The second kappa shape index (κ2) is 5.98. The van der Waals surface area contributed by atoms with Crippen molar-refractivity contribution in [2.24, 2.45) is 7.05 Å². The summed E-state index contributed by atoms with van der Waals surface area (Å²) in [4.78, 5) is 26.1. The van der Waals surface area contributed by atoms with E-state index in [1.807, 2.05) is 45.2 Å². The molecule has 0 spiro atoms. The van der Waals surface area contributed by atoms with Gasteiger partial charge < -0.3 is 10.6 Å². The van der Waals surface area contributed by atoms with E-state index in [1.54, 1.807) is 11.6 Å². The van der Waals surface area contributed by atoms with Gasteiger partial charge in [-0.15, -0.1) is 0 Å². The molecule has 1 aliphatic rings. The van der Waals surface area contributed by atoms with Crippen molar-refractivity contribution in [3.8, 4) is 0 Å². The molecule has 1 aliphatic heterocycles. The van der Waals surface area contributed by atoms with Gasteiger partial charge in [0.15, 0.2) is 4.75 Å². The zero-order valence-electron chi connectivity index (χ0n) is 14.1. The second-order valence-corrected chi connectivity index (χ2v) is 7.50. The fourth-order valence-corrected chi connectivity index (χ4v) is 3.85. The first kappa shape index (κ1) is 16.6. The van der Waals surface area contributed by atoms with Crippen LogP contribution in [0.25, 0.3) is 0 Å². The Morgan fingerprint density at radius 1 is 1.38 bits per heavy atom. The number of thioether (sulfide) groups is 1. The number of hydrogen-bond donors (Lipinski definition) is 2. The molecule has 7 heteroatoms. The van der Waals surface area contributed by atoms with Crippen molar-refractivity contribution in [1.29, 1.82) is 0 Å². The minimum absolute atomic E-state index is 0.302. The van der Waals surface area contributed by atoms with Crippen LogP contribution in [0.4, 0.5) is 5.69 Å². The number of aromatic nitrogens is 2. The normalized spacial score (nSPS) is 19.6. The van der Waals surface area contributed by atoms with Crippen molar-refractivity contribution in [1.82, 2.24) is 15.1 Å². The summed E-state index contributed by atoms with van der Waals surface area (Å²) in [5, 5.41) is 10.1. The van der Waals surface area contributed by atoms with Crippen molar-refractivity contribution in [3.63, 3.8) is 0 Å². The predicted molar refractivity (Wildman–Crippen MR) is 93.9 cm³/mol. The number of benzene rings is 1. The van der Waals surface area contributed by atoms with E-state index in [2.05, 4.69) is 15.7 Å². The van der Waals surface area contributed by atoms with E-state index < -0.39 is 4.75 Å². The Kier molecular flexibility index (Phi) is 4.13. The first-order chi connectivity index (χ1) is 11.3. The summed E-state index contributed by atoms with van der Waals surface area (Å²) in [5.74, 6) is -0.606. The molecule has 126 valence electrons. The molecular weight excluding hydrogens is 324 g/mol. The van der Waals surface area contributed by atoms with Gasteiger partial charge in [-0.2, -0.15) is 5.10 Å². The number of hydrogen-bond acceptors (Lipinski definition) is 4. The lowest BCUT2D eigenvalue weighted by atomic mass is 10.1. The molecule has 0 saturated carbocycles. The van der Waals surface area contributed by atoms with E-state index in [-0.39, 0.29) is 11.8 Å². The van der Waals surface area contributed by atoms with Crippen LogP contribution in [0.3, 0.4) is 0 Å². The number of para-hydroxylation sites is 1. The Labute approximate surface area is 145 Å². The molecule has 6 nitrogen and oxygen atoms in total. The maximum absolute atomic E-state index is 12.7. The molecule has 1 aromatic heterocycles. The Morgan fingerprint density at radius 3 is 2.75 bits per heavy atom. The van der Waals surface area contributed by atoms with Crippen LogP contribution < -0.4 is 10.6 Å². The average Bonchev–Trinajstić information content (AvgIpc) is 2.79. The Balaban J connectivity index is 1.78. The lowest BCUT2D eigenvalue weighted by Gasteiger charge is -2.31. The molecule has 24 heavy (non-hydrogen) atoms. The first-order valence-electron chi connectivity index (χ1n) is 7.70. The molecule has 0 fully saturated rings. The molecule has 0 radical (unpaired) electrons. The molecular formula is C17H20N4O2S. The van der Waals surface area contributed by atoms with Gasteiger partial charge in [0.05, 0.1) is 11.4 Å². The average molecular weight is 344 g/mol. The summed E-state index contributed by atoms with van der Waals surface area (Å²) in [6.07, 6.45) is 0. The van der Waals surface area contributed by atoms with Crippen LogP contribution in [0.1, 0.15) is 23.9 Å². The highest BCUT2D eigenvalue weighted by atomic mass is 32.2. The van der Waals surface area contributed by atoms with Gasteiger partial charge in [0.25, 0.3) is 0 Å². The number of nitrogens with one attached hydrogen (secondary N) is 2. The number of nitrogens with zero attached hydrogens (tertiary/aromatic N) is 2. The molecule has 1 atom stereocenters. The van der Waals surface area contributed by atoms with Gasteiger partial charge in [0.1, 0.15) is 0 Å². The standard InChI is InChI=1S/C17H20N4O2S/c1-10-12(11(2)21(4)20-10)9-18-15(22)17(3)16(23)19-13-7-5-6-8-14(13)24-17/h5-8H,9H2,1-4H3,(H,18,22)(H,19,23). The molecule has 2 N–H and O–H groups in total. The number of rotatable bonds is 3. The quantitative estimate of drug-likeness (QED) is 0.837. The number of carbonyl (C=O) groups excluding carboxylic acids is 2. The molecule has 3 rings (SSSR count). The van der Waals surface area contributed by atoms with Gasteiger partial charge in [-0.1, -0.05) is 23.9 Å². The van der Waals surface area contributed by atoms with Crippen LogP contribution >= 0.6 is 11.8 Å². The Hall–Kier alpha value is -2.28. The van der Waals surface area contributed by atoms with Gasteiger partial charge in [-0.05, 0) is 32.9 Å². The van der Waals surface area contributed by atoms with E-state index in [0.717, 1.165) is 27.5 Å². The van der Waals surface area contributed by atoms with Gasteiger partial charge >= 0.3 is 0 Å². The minimum atomic E-state index is -1.20. The third-order valence-corrected chi connectivity index (χ3v) is 5.76. The fraction of sp³-hybridized carbons (Fsp3) is 0.353. The van der Waals surface area contributed by atoms with Crippen molar-refractivity contribution >= 4 is 29.3 Å². The molecule has 1 unspecified atom stereocenters. The third kappa shape index (κ3) is 2.69. The highest BCUT2D eigenvalue weighted by Crippen LogP contribution is 2.42. The first-order valence-corrected chi connectivity index (χ1v) is 8.51. The Bertz CT molecular complexity index is 830. The van der Waals surface area contributed by atoms with Gasteiger partial charge in [0, 0.05) is 29.7 Å². The summed E-state index contributed by atoms with van der Waals surface area (Å²) in [5.41, 5.74) is 3.61. The lowest BCUT2D eigenvalue weighted by Crippen LogP contribution is -2.51. The monoisotopic (exact) mass is 344 g/mol. The lowest BCUT2D eigenvalue weighted by molar-refractivity contribution is -0.130. The molecule has 0 aliphatic carbocycles.